The van der Waals surface area contributed by atoms with E-state index < -0.39 is 0 Å². The number of halogens is 1. The van der Waals surface area contributed by atoms with Crippen molar-refractivity contribution in [3.8, 4) is 0 Å². The predicted octanol–water partition coefficient (Wildman–Crippen LogP) is 1.99. The first kappa shape index (κ1) is 13.6. The van der Waals surface area contributed by atoms with Gasteiger partial charge in [0, 0.05) is 11.6 Å². The van der Waals surface area contributed by atoms with Gasteiger partial charge in [0.1, 0.15) is 5.82 Å². The van der Waals surface area contributed by atoms with Crippen molar-refractivity contribution in [2.24, 2.45) is 5.73 Å². The van der Waals surface area contributed by atoms with Gasteiger partial charge < -0.3 is 11.1 Å². The predicted molar refractivity (Wildman–Crippen MR) is 66.4 cm³/mol. The molecule has 1 amide bonds. The van der Waals surface area contributed by atoms with Crippen molar-refractivity contribution in [2.75, 3.05) is 6.54 Å². The maximum atomic E-state index is 12.9. The highest BCUT2D eigenvalue weighted by Gasteiger charge is 2.13. The lowest BCUT2D eigenvalue weighted by Crippen LogP contribution is -2.36. The summed E-state index contributed by atoms with van der Waals surface area (Å²) in [5.41, 5.74) is 6.63. The summed E-state index contributed by atoms with van der Waals surface area (Å²) in [7, 11) is 0. The fourth-order valence-electron chi connectivity index (χ4n) is 1.72. The van der Waals surface area contributed by atoms with Crippen LogP contribution in [0.3, 0.4) is 0 Å². The van der Waals surface area contributed by atoms with Crippen molar-refractivity contribution in [3.63, 3.8) is 0 Å². The zero-order chi connectivity index (χ0) is 12.8. The Morgan fingerprint density at radius 1 is 1.53 bits per heavy atom. The van der Waals surface area contributed by atoms with Crippen molar-refractivity contribution in [1.29, 1.82) is 0 Å². The molecule has 3 nitrogen and oxygen atoms in total. The topological polar surface area (TPSA) is 55.1 Å². The fourth-order valence-corrected chi connectivity index (χ4v) is 1.72. The first-order valence-corrected chi connectivity index (χ1v) is 5.85. The molecule has 1 aromatic carbocycles. The van der Waals surface area contributed by atoms with Gasteiger partial charge >= 0.3 is 0 Å². The number of hydrogen-bond donors (Lipinski definition) is 2. The number of hydrogen-bond acceptors (Lipinski definition) is 2. The Balaban J connectivity index is 2.75. The summed E-state index contributed by atoms with van der Waals surface area (Å²) in [6.45, 7) is 4.27. The number of amides is 1. The highest BCUT2D eigenvalue weighted by molar-refractivity contribution is 5.95. The monoisotopic (exact) mass is 238 g/mol. The van der Waals surface area contributed by atoms with E-state index in [4.69, 9.17) is 5.73 Å². The van der Waals surface area contributed by atoms with Crippen LogP contribution in [0.25, 0.3) is 0 Å². The van der Waals surface area contributed by atoms with Gasteiger partial charge in [-0.05, 0) is 50.1 Å². The van der Waals surface area contributed by atoms with Gasteiger partial charge in [0.15, 0.2) is 0 Å². The summed E-state index contributed by atoms with van der Waals surface area (Å²) in [5.74, 6) is -0.490. The molecular weight excluding hydrogens is 219 g/mol. The van der Waals surface area contributed by atoms with E-state index in [1.807, 2.05) is 6.92 Å². The highest BCUT2D eigenvalue weighted by atomic mass is 19.1. The number of nitrogens with one attached hydrogen (secondary N) is 1. The number of nitrogens with two attached hydrogens (primary N) is 1. The molecule has 3 N–H and O–H groups in total. The first-order chi connectivity index (χ1) is 8.08. The lowest BCUT2D eigenvalue weighted by molar-refractivity contribution is 0.0934. The molecule has 94 valence electrons. The summed E-state index contributed by atoms with van der Waals surface area (Å²) >= 11 is 0. The molecular formula is C13H19FN2O. The van der Waals surface area contributed by atoms with Crippen LogP contribution in [0, 0.1) is 12.7 Å². The maximum absolute atomic E-state index is 12.9. The third kappa shape index (κ3) is 3.82. The van der Waals surface area contributed by atoms with Gasteiger partial charge in [0.05, 0.1) is 0 Å². The molecule has 0 saturated heterocycles. The lowest BCUT2D eigenvalue weighted by Gasteiger charge is -2.16. The third-order valence-corrected chi connectivity index (χ3v) is 2.78. The largest absolute Gasteiger partial charge is 0.349 e. The molecule has 1 unspecified atom stereocenters. The van der Waals surface area contributed by atoms with Gasteiger partial charge in [-0.1, -0.05) is 6.92 Å². The van der Waals surface area contributed by atoms with E-state index in [1.54, 1.807) is 6.92 Å². The van der Waals surface area contributed by atoms with E-state index in [2.05, 4.69) is 5.32 Å². The van der Waals surface area contributed by atoms with Crippen LogP contribution in [0.5, 0.6) is 0 Å². The lowest BCUT2D eigenvalue weighted by atomic mass is 10.1. The van der Waals surface area contributed by atoms with Crippen LogP contribution in [0.4, 0.5) is 4.39 Å². The van der Waals surface area contributed by atoms with Crippen molar-refractivity contribution in [1.82, 2.24) is 5.32 Å². The minimum Gasteiger partial charge on any atom is -0.349 e. The average molecular weight is 238 g/mol. The van der Waals surface area contributed by atoms with Gasteiger partial charge in [-0.3, -0.25) is 4.79 Å². The van der Waals surface area contributed by atoms with Crippen molar-refractivity contribution < 1.29 is 9.18 Å². The molecule has 1 rings (SSSR count). The minimum absolute atomic E-state index is 0.0805. The van der Waals surface area contributed by atoms with Crippen LogP contribution in [-0.4, -0.2) is 18.5 Å². The van der Waals surface area contributed by atoms with Crippen LogP contribution < -0.4 is 11.1 Å². The molecule has 0 spiro atoms. The zero-order valence-corrected chi connectivity index (χ0v) is 10.3. The number of rotatable bonds is 5. The standard InChI is InChI=1S/C13H19FN2O/c1-3-11(6-7-15)16-13(17)12-5-4-10(14)8-9(12)2/h4-5,8,11H,3,6-7,15H2,1-2H3,(H,16,17). The average Bonchev–Trinajstić information content (AvgIpc) is 2.28. The van der Waals surface area contributed by atoms with Gasteiger partial charge in [-0.15, -0.1) is 0 Å². The summed E-state index contributed by atoms with van der Waals surface area (Å²) < 4.78 is 12.9. The Labute approximate surface area is 101 Å². The molecule has 17 heavy (non-hydrogen) atoms. The Morgan fingerprint density at radius 3 is 2.76 bits per heavy atom. The second kappa shape index (κ2) is 6.35. The summed E-state index contributed by atoms with van der Waals surface area (Å²) in [6.07, 6.45) is 1.59. The summed E-state index contributed by atoms with van der Waals surface area (Å²) in [5, 5.41) is 2.90. The molecule has 0 fully saturated rings. The van der Waals surface area contributed by atoms with Gasteiger partial charge in [0.2, 0.25) is 0 Å². The smallest absolute Gasteiger partial charge is 0.251 e. The number of aryl methyl sites for hydroxylation is 1. The molecule has 1 aromatic rings. The second-order valence-corrected chi connectivity index (χ2v) is 4.12. The van der Waals surface area contributed by atoms with E-state index in [9.17, 15) is 9.18 Å². The first-order valence-electron chi connectivity index (χ1n) is 5.85. The maximum Gasteiger partial charge on any atom is 0.251 e. The van der Waals surface area contributed by atoms with E-state index in [1.165, 1.54) is 18.2 Å². The van der Waals surface area contributed by atoms with Gasteiger partial charge in [-0.2, -0.15) is 0 Å². The minimum atomic E-state index is -0.326. The fraction of sp³-hybridized carbons (Fsp3) is 0.462. The van der Waals surface area contributed by atoms with Crippen LogP contribution in [0.1, 0.15) is 35.7 Å². The molecule has 0 aliphatic heterocycles. The van der Waals surface area contributed by atoms with E-state index in [0.29, 0.717) is 17.7 Å². The molecule has 1 atom stereocenters. The molecule has 0 bridgehead atoms. The molecule has 0 aromatic heterocycles. The van der Waals surface area contributed by atoms with E-state index in [-0.39, 0.29) is 17.8 Å². The van der Waals surface area contributed by atoms with Crippen molar-refractivity contribution in [2.45, 2.75) is 32.7 Å². The molecule has 0 saturated carbocycles. The summed E-state index contributed by atoms with van der Waals surface area (Å²) in [6, 6.07) is 4.25. The Bertz CT molecular complexity index is 393. The highest BCUT2D eigenvalue weighted by Crippen LogP contribution is 2.10. The van der Waals surface area contributed by atoms with E-state index >= 15 is 0 Å². The SMILES string of the molecule is CCC(CCN)NC(=O)c1ccc(F)cc1C. The van der Waals surface area contributed by atoms with Crippen LogP contribution in [0.2, 0.25) is 0 Å². The Morgan fingerprint density at radius 2 is 2.24 bits per heavy atom. The van der Waals surface area contributed by atoms with Crippen LogP contribution >= 0.6 is 0 Å². The van der Waals surface area contributed by atoms with E-state index in [0.717, 1.165) is 12.8 Å². The third-order valence-electron chi connectivity index (χ3n) is 2.78. The Hall–Kier alpha value is -1.42. The molecule has 0 heterocycles. The van der Waals surface area contributed by atoms with Crippen molar-refractivity contribution >= 4 is 5.91 Å². The molecule has 0 aliphatic carbocycles. The molecule has 4 heteroatoms. The zero-order valence-electron chi connectivity index (χ0n) is 10.3. The quantitative estimate of drug-likeness (QED) is 0.824. The van der Waals surface area contributed by atoms with Crippen molar-refractivity contribution in [3.05, 3.63) is 35.1 Å². The Kier molecular flexibility index (Phi) is 5.10. The second-order valence-electron chi connectivity index (χ2n) is 4.12. The van der Waals surface area contributed by atoms with Crippen LogP contribution in [-0.2, 0) is 0 Å². The normalized spacial score (nSPS) is 12.2. The number of carbonyl (C=O) groups excluding carboxylic acids is 1. The molecule has 0 radical (unpaired) electrons. The number of carbonyl (C=O) groups is 1. The van der Waals surface area contributed by atoms with Gasteiger partial charge in [0.25, 0.3) is 5.91 Å². The van der Waals surface area contributed by atoms with Crippen LogP contribution in [0.15, 0.2) is 18.2 Å². The summed E-state index contributed by atoms with van der Waals surface area (Å²) in [4.78, 5) is 11.9. The van der Waals surface area contributed by atoms with Gasteiger partial charge in [-0.25, -0.2) is 4.39 Å². The number of benzene rings is 1. The molecule has 0 aliphatic rings.